The SMILES string of the molecule is Cc1cc(C(=O)Nc2cn(C)nc2C)sc1C#CCCO. The van der Waals surface area contributed by atoms with Crippen LogP contribution in [0.1, 0.15) is 32.2 Å². The number of nitrogens with zero attached hydrogens (tertiary/aromatic N) is 2. The van der Waals surface area contributed by atoms with E-state index in [1.807, 2.05) is 27.0 Å². The molecule has 1 amide bonds. The Bertz CT molecular complexity index is 719. The largest absolute Gasteiger partial charge is 0.395 e. The number of aliphatic hydroxyl groups excluding tert-OH is 1. The molecule has 0 unspecified atom stereocenters. The third-order valence-corrected chi connectivity index (χ3v) is 3.99. The van der Waals surface area contributed by atoms with Crippen molar-refractivity contribution in [3.8, 4) is 11.8 Å². The minimum Gasteiger partial charge on any atom is -0.395 e. The van der Waals surface area contributed by atoms with Gasteiger partial charge in [0.15, 0.2) is 0 Å². The number of hydrogen-bond donors (Lipinski definition) is 2. The van der Waals surface area contributed by atoms with Crippen LogP contribution in [0.3, 0.4) is 0 Å². The van der Waals surface area contributed by atoms with Gasteiger partial charge in [-0.2, -0.15) is 5.10 Å². The molecule has 21 heavy (non-hydrogen) atoms. The van der Waals surface area contributed by atoms with E-state index in [9.17, 15) is 4.79 Å². The second-order valence-corrected chi connectivity index (χ2v) is 5.71. The first-order valence-electron chi connectivity index (χ1n) is 6.53. The number of hydrogen-bond acceptors (Lipinski definition) is 4. The second kappa shape index (κ2) is 6.57. The number of anilines is 1. The third-order valence-electron chi connectivity index (χ3n) is 2.84. The van der Waals surface area contributed by atoms with E-state index in [1.54, 1.807) is 10.9 Å². The Kier molecular flexibility index (Phi) is 4.78. The average Bonchev–Trinajstić information content (AvgIpc) is 2.94. The number of rotatable bonds is 3. The summed E-state index contributed by atoms with van der Waals surface area (Å²) in [6.07, 6.45) is 2.21. The standard InChI is InChI=1S/C15H17N3O2S/c1-10-8-14(21-13(10)6-4-5-7-19)15(20)16-12-9-18(3)17-11(12)2/h8-9,19H,5,7H2,1-3H3,(H,16,20). The molecule has 0 bridgehead atoms. The summed E-state index contributed by atoms with van der Waals surface area (Å²) in [5.74, 6) is 5.69. The minimum absolute atomic E-state index is 0.0467. The fourth-order valence-electron chi connectivity index (χ4n) is 1.82. The van der Waals surface area contributed by atoms with Crippen LogP contribution in [0.2, 0.25) is 0 Å². The van der Waals surface area contributed by atoms with Gasteiger partial charge < -0.3 is 10.4 Å². The van der Waals surface area contributed by atoms with E-state index in [0.29, 0.717) is 17.0 Å². The Morgan fingerprint density at radius 1 is 1.52 bits per heavy atom. The van der Waals surface area contributed by atoms with Gasteiger partial charge in [-0.25, -0.2) is 0 Å². The van der Waals surface area contributed by atoms with E-state index < -0.39 is 0 Å². The number of amides is 1. The van der Waals surface area contributed by atoms with E-state index in [1.165, 1.54) is 11.3 Å². The molecule has 0 aliphatic heterocycles. The Morgan fingerprint density at radius 3 is 2.90 bits per heavy atom. The smallest absolute Gasteiger partial charge is 0.265 e. The molecule has 5 nitrogen and oxygen atoms in total. The molecule has 2 aromatic rings. The highest BCUT2D eigenvalue weighted by molar-refractivity contribution is 7.14. The van der Waals surface area contributed by atoms with Crippen molar-refractivity contribution in [1.82, 2.24) is 9.78 Å². The maximum Gasteiger partial charge on any atom is 0.265 e. The molecule has 0 fully saturated rings. The van der Waals surface area contributed by atoms with Crippen molar-refractivity contribution in [1.29, 1.82) is 0 Å². The summed E-state index contributed by atoms with van der Waals surface area (Å²) in [7, 11) is 1.81. The molecule has 110 valence electrons. The predicted molar refractivity (Wildman–Crippen MR) is 83.5 cm³/mol. The van der Waals surface area contributed by atoms with Crippen molar-refractivity contribution >= 4 is 22.9 Å². The van der Waals surface area contributed by atoms with Crippen LogP contribution in [-0.2, 0) is 7.05 Å². The van der Waals surface area contributed by atoms with Crippen LogP contribution >= 0.6 is 11.3 Å². The predicted octanol–water partition coefficient (Wildman–Crippen LogP) is 2.08. The molecule has 0 aliphatic rings. The van der Waals surface area contributed by atoms with Gasteiger partial charge in [0.2, 0.25) is 0 Å². The summed E-state index contributed by atoms with van der Waals surface area (Å²) >= 11 is 1.36. The molecule has 0 atom stereocenters. The lowest BCUT2D eigenvalue weighted by Crippen LogP contribution is -2.10. The third kappa shape index (κ3) is 3.72. The maximum atomic E-state index is 12.2. The Hall–Kier alpha value is -2.10. The number of carbonyl (C=O) groups is 1. The van der Waals surface area contributed by atoms with Gasteiger partial charge in [-0.05, 0) is 25.5 Å². The summed E-state index contributed by atoms with van der Waals surface area (Å²) in [4.78, 5) is 13.7. The molecule has 2 heterocycles. The maximum absolute atomic E-state index is 12.2. The van der Waals surface area contributed by atoms with Crippen molar-refractivity contribution < 1.29 is 9.90 Å². The van der Waals surface area contributed by atoms with E-state index >= 15 is 0 Å². The first-order valence-corrected chi connectivity index (χ1v) is 7.34. The van der Waals surface area contributed by atoms with Crippen LogP contribution < -0.4 is 5.32 Å². The Morgan fingerprint density at radius 2 is 2.29 bits per heavy atom. The van der Waals surface area contributed by atoms with Crippen LogP contribution in [-0.4, -0.2) is 27.4 Å². The molecular weight excluding hydrogens is 286 g/mol. The van der Waals surface area contributed by atoms with Gasteiger partial charge in [-0.3, -0.25) is 9.48 Å². The molecule has 2 N–H and O–H groups in total. The quantitative estimate of drug-likeness (QED) is 0.853. The van der Waals surface area contributed by atoms with Crippen LogP contribution in [0.5, 0.6) is 0 Å². The van der Waals surface area contributed by atoms with Crippen molar-refractivity contribution in [3.63, 3.8) is 0 Å². The number of thiophene rings is 1. The lowest BCUT2D eigenvalue weighted by molar-refractivity contribution is 0.103. The number of aliphatic hydroxyl groups is 1. The van der Waals surface area contributed by atoms with Crippen molar-refractivity contribution in [2.75, 3.05) is 11.9 Å². The van der Waals surface area contributed by atoms with Crippen molar-refractivity contribution in [2.45, 2.75) is 20.3 Å². The van der Waals surface area contributed by atoms with E-state index in [4.69, 9.17) is 5.11 Å². The van der Waals surface area contributed by atoms with Gasteiger partial charge in [0.05, 0.1) is 27.7 Å². The van der Waals surface area contributed by atoms with Gasteiger partial charge >= 0.3 is 0 Å². The van der Waals surface area contributed by atoms with Gasteiger partial charge in [0.1, 0.15) is 0 Å². The molecule has 0 aliphatic carbocycles. The first-order chi connectivity index (χ1) is 10.0. The van der Waals surface area contributed by atoms with E-state index in [0.717, 1.165) is 16.1 Å². The van der Waals surface area contributed by atoms with Crippen LogP contribution in [0.25, 0.3) is 0 Å². The zero-order valence-electron chi connectivity index (χ0n) is 12.2. The van der Waals surface area contributed by atoms with Gasteiger partial charge in [0.25, 0.3) is 5.91 Å². The zero-order valence-corrected chi connectivity index (χ0v) is 13.0. The lowest BCUT2D eigenvalue weighted by Gasteiger charge is -2.00. The van der Waals surface area contributed by atoms with Crippen LogP contribution in [0.4, 0.5) is 5.69 Å². The Labute approximate surface area is 127 Å². The molecule has 0 saturated carbocycles. The van der Waals surface area contributed by atoms with Gasteiger partial charge in [0, 0.05) is 19.7 Å². The monoisotopic (exact) mass is 303 g/mol. The number of aromatic nitrogens is 2. The Balaban J connectivity index is 2.15. The van der Waals surface area contributed by atoms with Crippen molar-refractivity contribution in [2.24, 2.45) is 7.05 Å². The number of carbonyl (C=O) groups excluding carboxylic acids is 1. The van der Waals surface area contributed by atoms with Gasteiger partial charge in [-0.1, -0.05) is 11.8 Å². The fraction of sp³-hybridized carbons (Fsp3) is 0.333. The lowest BCUT2D eigenvalue weighted by atomic mass is 10.2. The summed E-state index contributed by atoms with van der Waals surface area (Å²) in [6.45, 7) is 3.82. The second-order valence-electron chi connectivity index (χ2n) is 4.65. The summed E-state index contributed by atoms with van der Waals surface area (Å²) in [5.41, 5.74) is 2.46. The normalized spacial score (nSPS) is 10.1. The fourth-order valence-corrected chi connectivity index (χ4v) is 2.77. The molecular formula is C15H17N3O2S. The van der Waals surface area contributed by atoms with Crippen LogP contribution in [0, 0.1) is 25.7 Å². The molecule has 0 aromatic carbocycles. The zero-order chi connectivity index (χ0) is 15.4. The summed E-state index contributed by atoms with van der Waals surface area (Å²) in [5, 5.41) is 15.8. The molecule has 0 saturated heterocycles. The van der Waals surface area contributed by atoms with E-state index in [2.05, 4.69) is 22.3 Å². The topological polar surface area (TPSA) is 67.2 Å². The van der Waals surface area contributed by atoms with Gasteiger partial charge in [-0.15, -0.1) is 11.3 Å². The van der Waals surface area contributed by atoms with E-state index in [-0.39, 0.29) is 12.5 Å². The minimum atomic E-state index is -0.158. The highest BCUT2D eigenvalue weighted by Gasteiger charge is 2.14. The summed E-state index contributed by atoms with van der Waals surface area (Å²) < 4.78 is 1.66. The first kappa shape index (κ1) is 15.3. The molecule has 2 rings (SSSR count). The molecule has 2 aromatic heterocycles. The highest BCUT2D eigenvalue weighted by Crippen LogP contribution is 2.22. The highest BCUT2D eigenvalue weighted by atomic mass is 32.1. The number of nitrogens with one attached hydrogen (secondary N) is 1. The van der Waals surface area contributed by atoms with Crippen molar-refractivity contribution in [3.05, 3.63) is 33.3 Å². The van der Waals surface area contributed by atoms with Crippen LogP contribution in [0.15, 0.2) is 12.3 Å². The molecule has 0 radical (unpaired) electrons. The summed E-state index contributed by atoms with van der Waals surface area (Å²) in [6, 6.07) is 1.83. The average molecular weight is 303 g/mol. The molecule has 6 heteroatoms. The molecule has 0 spiro atoms. The number of aryl methyl sites for hydroxylation is 3.